The van der Waals surface area contributed by atoms with E-state index in [0.29, 0.717) is 32.5 Å². The number of hydrogen-bond acceptors (Lipinski definition) is 3. The minimum atomic E-state index is -4.11. The van der Waals surface area contributed by atoms with Gasteiger partial charge in [-0.25, -0.2) is 0 Å². The lowest BCUT2D eigenvalue weighted by molar-refractivity contribution is -0.148. The van der Waals surface area contributed by atoms with Crippen LogP contribution < -0.4 is 5.32 Å². The number of piperidine rings is 1. The highest BCUT2D eigenvalue weighted by Crippen LogP contribution is 2.20. The summed E-state index contributed by atoms with van der Waals surface area (Å²) < 4.78 is 36.6. The molecule has 0 bridgehead atoms. The van der Waals surface area contributed by atoms with E-state index in [1.807, 2.05) is 13.8 Å². The van der Waals surface area contributed by atoms with Crippen LogP contribution in [0, 0.1) is 16.7 Å². The second kappa shape index (κ2) is 5.89. The van der Waals surface area contributed by atoms with Gasteiger partial charge in [0.15, 0.2) is 0 Å². The van der Waals surface area contributed by atoms with E-state index < -0.39 is 18.1 Å². The molecule has 1 fully saturated rings. The zero-order chi connectivity index (χ0) is 13.8. The van der Waals surface area contributed by atoms with Gasteiger partial charge in [0.2, 0.25) is 0 Å². The van der Waals surface area contributed by atoms with E-state index in [1.54, 1.807) is 0 Å². The fourth-order valence-corrected chi connectivity index (χ4v) is 1.99. The number of nitriles is 1. The monoisotopic (exact) mass is 263 g/mol. The van der Waals surface area contributed by atoms with Crippen LogP contribution in [0.4, 0.5) is 13.2 Å². The maximum atomic E-state index is 12.2. The Hall–Kier alpha value is -0.800. The van der Waals surface area contributed by atoms with Gasteiger partial charge in [-0.1, -0.05) is 0 Å². The summed E-state index contributed by atoms with van der Waals surface area (Å²) >= 11 is 0. The highest BCUT2D eigenvalue weighted by molar-refractivity contribution is 4.94. The van der Waals surface area contributed by atoms with Gasteiger partial charge < -0.3 is 5.32 Å². The summed E-state index contributed by atoms with van der Waals surface area (Å²) in [7, 11) is 0. The molecule has 104 valence electrons. The molecule has 3 nitrogen and oxygen atoms in total. The zero-order valence-corrected chi connectivity index (χ0v) is 10.8. The fourth-order valence-electron chi connectivity index (χ4n) is 1.99. The van der Waals surface area contributed by atoms with Crippen LogP contribution in [0.1, 0.15) is 26.7 Å². The second-order valence-electron chi connectivity index (χ2n) is 5.54. The smallest absolute Gasteiger partial charge is 0.312 e. The molecule has 0 aromatic heterocycles. The van der Waals surface area contributed by atoms with Crippen LogP contribution in [-0.4, -0.2) is 43.3 Å². The van der Waals surface area contributed by atoms with Crippen molar-refractivity contribution in [2.24, 2.45) is 5.41 Å². The number of nitrogens with one attached hydrogen (secondary N) is 1. The molecule has 1 aliphatic rings. The number of rotatable bonds is 4. The van der Waals surface area contributed by atoms with Gasteiger partial charge in [-0.3, -0.25) is 4.90 Å². The first-order valence-electron chi connectivity index (χ1n) is 6.16. The predicted molar refractivity (Wildman–Crippen MR) is 62.9 cm³/mol. The average molecular weight is 263 g/mol. The lowest BCUT2D eigenvalue weighted by Gasteiger charge is -2.33. The van der Waals surface area contributed by atoms with Gasteiger partial charge in [0.05, 0.1) is 18.0 Å². The summed E-state index contributed by atoms with van der Waals surface area (Å²) in [4.78, 5) is 1.44. The molecule has 0 atom stereocenters. The van der Waals surface area contributed by atoms with Gasteiger partial charge in [0.25, 0.3) is 0 Å². The van der Waals surface area contributed by atoms with E-state index in [2.05, 4.69) is 11.4 Å². The molecule has 0 spiro atoms. The lowest BCUT2D eigenvalue weighted by atomic mass is 9.94. The normalized spacial score (nSPS) is 19.8. The molecule has 6 heteroatoms. The lowest BCUT2D eigenvalue weighted by Crippen LogP contribution is -2.47. The Kier molecular flexibility index (Phi) is 5.00. The van der Waals surface area contributed by atoms with Crippen molar-refractivity contribution >= 4 is 0 Å². The van der Waals surface area contributed by atoms with E-state index in [4.69, 9.17) is 5.26 Å². The van der Waals surface area contributed by atoms with Crippen LogP contribution in [-0.2, 0) is 0 Å². The molecule has 1 saturated heterocycles. The van der Waals surface area contributed by atoms with Gasteiger partial charge >= 0.3 is 6.18 Å². The first kappa shape index (κ1) is 15.3. The molecule has 0 aromatic rings. The van der Waals surface area contributed by atoms with Crippen molar-refractivity contribution in [2.45, 2.75) is 38.9 Å². The summed E-state index contributed by atoms with van der Waals surface area (Å²) in [5.41, 5.74) is -0.427. The van der Waals surface area contributed by atoms with E-state index >= 15 is 0 Å². The third kappa shape index (κ3) is 5.69. The van der Waals surface area contributed by atoms with Crippen molar-refractivity contribution in [3.63, 3.8) is 0 Å². The molecule has 1 heterocycles. The topological polar surface area (TPSA) is 39.1 Å². The Morgan fingerprint density at radius 2 is 1.83 bits per heavy atom. The summed E-state index contributed by atoms with van der Waals surface area (Å²) in [5, 5.41) is 12.1. The van der Waals surface area contributed by atoms with E-state index in [0.717, 1.165) is 0 Å². The fraction of sp³-hybridized carbons (Fsp3) is 0.917. The van der Waals surface area contributed by atoms with Gasteiger partial charge in [-0.05, 0) is 39.8 Å². The summed E-state index contributed by atoms with van der Waals surface area (Å²) in [6.45, 7) is 4.38. The number of hydrogen-bond donors (Lipinski definition) is 1. The van der Waals surface area contributed by atoms with Gasteiger partial charge in [0.1, 0.15) is 0 Å². The van der Waals surface area contributed by atoms with Crippen LogP contribution in [0.3, 0.4) is 0 Å². The second-order valence-corrected chi connectivity index (χ2v) is 5.54. The molecular weight excluding hydrogens is 243 g/mol. The summed E-state index contributed by atoms with van der Waals surface area (Å²) in [6.07, 6.45) is -2.70. The molecule has 18 heavy (non-hydrogen) atoms. The van der Waals surface area contributed by atoms with Gasteiger partial charge in [-0.2, -0.15) is 18.4 Å². The Balaban J connectivity index is 2.26. The highest BCUT2D eigenvalue weighted by atomic mass is 19.4. The summed E-state index contributed by atoms with van der Waals surface area (Å²) in [6, 6.07) is 2.42. The quantitative estimate of drug-likeness (QED) is 0.844. The molecule has 1 aliphatic heterocycles. The van der Waals surface area contributed by atoms with Crippen molar-refractivity contribution in [1.82, 2.24) is 10.2 Å². The largest absolute Gasteiger partial charge is 0.401 e. The third-order valence-electron chi connectivity index (χ3n) is 3.13. The predicted octanol–water partition coefficient (Wildman–Crippen LogP) is 2.15. The summed E-state index contributed by atoms with van der Waals surface area (Å²) in [5.74, 6) is 0. The van der Waals surface area contributed by atoms with Gasteiger partial charge in [-0.15, -0.1) is 0 Å². The Morgan fingerprint density at radius 3 is 2.28 bits per heavy atom. The van der Waals surface area contributed by atoms with Crippen molar-refractivity contribution in [3.8, 4) is 6.07 Å². The molecule has 0 aromatic carbocycles. The van der Waals surface area contributed by atoms with Crippen molar-refractivity contribution in [2.75, 3.05) is 26.2 Å². The Morgan fingerprint density at radius 1 is 1.28 bits per heavy atom. The Labute approximate surface area is 106 Å². The first-order valence-corrected chi connectivity index (χ1v) is 6.16. The van der Waals surface area contributed by atoms with Crippen LogP contribution in [0.2, 0.25) is 0 Å². The standard InChI is InChI=1S/C12H20F3N3/c1-11(2,7-16)8-17-10-3-5-18(6-4-10)9-12(13,14)15/h10,17H,3-6,8-9H2,1-2H3. The van der Waals surface area contributed by atoms with E-state index in [9.17, 15) is 13.2 Å². The number of nitrogens with zero attached hydrogens (tertiary/aromatic N) is 2. The molecular formula is C12H20F3N3. The molecule has 0 saturated carbocycles. The zero-order valence-electron chi connectivity index (χ0n) is 10.8. The van der Waals surface area contributed by atoms with Gasteiger partial charge in [0, 0.05) is 12.6 Å². The highest BCUT2D eigenvalue weighted by Gasteiger charge is 2.32. The first-order chi connectivity index (χ1) is 8.22. The third-order valence-corrected chi connectivity index (χ3v) is 3.13. The van der Waals surface area contributed by atoms with Crippen molar-refractivity contribution < 1.29 is 13.2 Å². The SMILES string of the molecule is CC(C)(C#N)CNC1CCN(CC(F)(F)F)CC1. The van der Waals surface area contributed by atoms with Crippen molar-refractivity contribution in [1.29, 1.82) is 5.26 Å². The number of alkyl halides is 3. The molecule has 1 rings (SSSR count). The molecule has 0 amide bonds. The number of likely N-dealkylation sites (tertiary alicyclic amines) is 1. The number of halogens is 3. The van der Waals surface area contributed by atoms with Crippen LogP contribution >= 0.6 is 0 Å². The van der Waals surface area contributed by atoms with E-state index in [1.165, 1.54) is 4.90 Å². The molecule has 1 N–H and O–H groups in total. The van der Waals surface area contributed by atoms with E-state index in [-0.39, 0.29) is 6.04 Å². The van der Waals surface area contributed by atoms with Crippen LogP contribution in [0.15, 0.2) is 0 Å². The molecule has 0 unspecified atom stereocenters. The minimum absolute atomic E-state index is 0.224. The van der Waals surface area contributed by atoms with Crippen LogP contribution in [0.25, 0.3) is 0 Å². The maximum Gasteiger partial charge on any atom is 0.401 e. The maximum absolute atomic E-state index is 12.2. The average Bonchev–Trinajstić information content (AvgIpc) is 2.26. The minimum Gasteiger partial charge on any atom is -0.312 e. The molecule has 0 radical (unpaired) electrons. The van der Waals surface area contributed by atoms with Crippen molar-refractivity contribution in [3.05, 3.63) is 0 Å². The Bertz CT molecular complexity index is 299. The van der Waals surface area contributed by atoms with Crippen LogP contribution in [0.5, 0.6) is 0 Å². The molecule has 0 aliphatic carbocycles.